The lowest BCUT2D eigenvalue weighted by Crippen LogP contribution is -2.41. The summed E-state index contributed by atoms with van der Waals surface area (Å²) in [6.45, 7) is 2.07. The number of benzene rings is 3. The Morgan fingerprint density at radius 2 is 1.59 bits per heavy atom. The van der Waals surface area contributed by atoms with Crippen LogP contribution < -0.4 is 23.8 Å². The summed E-state index contributed by atoms with van der Waals surface area (Å²) in [5, 5.41) is 2.71. The number of nitrogens with zero attached hydrogens (tertiary/aromatic N) is 1. The number of hydrogen-bond donors (Lipinski definition) is 1. The fourth-order valence-electron chi connectivity index (χ4n) is 3.19. The quantitative estimate of drug-likeness (QED) is 0.419. The summed E-state index contributed by atoms with van der Waals surface area (Å²) in [6, 6.07) is 20.3. The Labute approximate surface area is 200 Å². The van der Waals surface area contributed by atoms with E-state index in [0.717, 1.165) is 9.87 Å². The largest absolute Gasteiger partial charge is 0.493 e. The summed E-state index contributed by atoms with van der Waals surface area (Å²) >= 11 is 0. The van der Waals surface area contributed by atoms with Gasteiger partial charge in [0.15, 0.2) is 11.5 Å². The van der Waals surface area contributed by atoms with E-state index in [1.54, 1.807) is 30.3 Å². The highest BCUT2D eigenvalue weighted by molar-refractivity contribution is 7.92. The lowest BCUT2D eigenvalue weighted by Gasteiger charge is -2.24. The van der Waals surface area contributed by atoms with Crippen LogP contribution in [0, 0.1) is 6.92 Å². The second-order valence-corrected chi connectivity index (χ2v) is 9.24. The molecule has 8 nitrogen and oxygen atoms in total. The van der Waals surface area contributed by atoms with E-state index >= 15 is 0 Å². The number of para-hydroxylation sites is 1. The van der Waals surface area contributed by atoms with Gasteiger partial charge in [0.2, 0.25) is 5.91 Å². The van der Waals surface area contributed by atoms with Crippen LogP contribution in [0.2, 0.25) is 0 Å². The van der Waals surface area contributed by atoms with Gasteiger partial charge in [-0.25, -0.2) is 8.42 Å². The number of rotatable bonds is 11. The third-order valence-electron chi connectivity index (χ3n) is 4.99. The number of nitrogens with one attached hydrogen (secondary N) is 1. The molecule has 0 saturated heterocycles. The third kappa shape index (κ3) is 6.20. The number of amides is 1. The molecule has 0 atom stereocenters. The molecule has 0 fully saturated rings. The maximum atomic E-state index is 13.5. The molecule has 3 aromatic rings. The van der Waals surface area contributed by atoms with E-state index in [-0.39, 0.29) is 23.8 Å². The molecule has 0 unspecified atom stereocenters. The number of hydrogen-bond acceptors (Lipinski definition) is 6. The Bertz CT molecular complexity index is 1200. The minimum Gasteiger partial charge on any atom is -0.493 e. The van der Waals surface area contributed by atoms with Crippen LogP contribution in [0.5, 0.6) is 17.2 Å². The van der Waals surface area contributed by atoms with Gasteiger partial charge in [-0.15, -0.1) is 0 Å². The number of aryl methyl sites for hydroxylation is 1. The van der Waals surface area contributed by atoms with Crippen LogP contribution in [0.3, 0.4) is 0 Å². The zero-order valence-corrected chi connectivity index (χ0v) is 20.2. The summed E-state index contributed by atoms with van der Waals surface area (Å²) in [6.07, 6.45) is 0. The van der Waals surface area contributed by atoms with Gasteiger partial charge in [0.25, 0.3) is 10.0 Å². The maximum Gasteiger partial charge on any atom is 0.264 e. The number of anilines is 1. The molecule has 3 rings (SSSR count). The van der Waals surface area contributed by atoms with Crippen LogP contribution in [0.4, 0.5) is 5.69 Å². The first-order valence-corrected chi connectivity index (χ1v) is 12.0. The van der Waals surface area contributed by atoms with Crippen LogP contribution in [-0.4, -0.2) is 48.2 Å². The van der Waals surface area contributed by atoms with Gasteiger partial charge in [-0.05, 0) is 43.3 Å². The molecule has 34 heavy (non-hydrogen) atoms. The molecule has 0 heterocycles. The Balaban J connectivity index is 1.73. The van der Waals surface area contributed by atoms with Crippen molar-refractivity contribution in [1.29, 1.82) is 0 Å². The van der Waals surface area contributed by atoms with Crippen molar-refractivity contribution >= 4 is 21.6 Å². The Hall–Kier alpha value is -3.72. The average Bonchev–Trinajstić information content (AvgIpc) is 2.86. The van der Waals surface area contributed by atoms with Crippen molar-refractivity contribution in [2.75, 3.05) is 38.2 Å². The highest BCUT2D eigenvalue weighted by atomic mass is 32.2. The van der Waals surface area contributed by atoms with Crippen LogP contribution in [0.25, 0.3) is 0 Å². The predicted octanol–water partition coefficient (Wildman–Crippen LogP) is 3.40. The van der Waals surface area contributed by atoms with Crippen molar-refractivity contribution in [1.82, 2.24) is 5.32 Å². The first kappa shape index (κ1) is 24.9. The first-order valence-electron chi connectivity index (χ1n) is 10.6. The van der Waals surface area contributed by atoms with E-state index in [4.69, 9.17) is 14.2 Å². The van der Waals surface area contributed by atoms with Crippen molar-refractivity contribution in [2.45, 2.75) is 11.8 Å². The fourth-order valence-corrected chi connectivity index (χ4v) is 4.63. The molecule has 0 aliphatic heterocycles. The van der Waals surface area contributed by atoms with Crippen LogP contribution in [0.15, 0.2) is 77.7 Å². The van der Waals surface area contributed by atoms with Gasteiger partial charge >= 0.3 is 0 Å². The Kier molecular flexibility index (Phi) is 8.37. The molecule has 3 aromatic carbocycles. The second kappa shape index (κ2) is 11.4. The van der Waals surface area contributed by atoms with Crippen LogP contribution in [-0.2, 0) is 14.8 Å². The molecule has 0 radical (unpaired) electrons. The first-order chi connectivity index (χ1) is 16.3. The van der Waals surface area contributed by atoms with Crippen molar-refractivity contribution in [3.63, 3.8) is 0 Å². The number of sulfonamides is 1. The monoisotopic (exact) mass is 484 g/mol. The van der Waals surface area contributed by atoms with Gasteiger partial charge in [0.05, 0.1) is 31.3 Å². The SMILES string of the molecule is COc1ccc(S(=O)(=O)N(CC(=O)NCCOc2ccc(C)cc2)c2ccccc2)cc1OC. The summed E-state index contributed by atoms with van der Waals surface area (Å²) in [5.41, 5.74) is 1.49. The van der Waals surface area contributed by atoms with E-state index in [2.05, 4.69) is 5.32 Å². The molecule has 0 saturated carbocycles. The topological polar surface area (TPSA) is 94.2 Å². The lowest BCUT2D eigenvalue weighted by molar-refractivity contribution is -0.119. The van der Waals surface area contributed by atoms with Crippen molar-refractivity contribution in [3.8, 4) is 17.2 Å². The minimum absolute atomic E-state index is 0.0236. The summed E-state index contributed by atoms with van der Waals surface area (Å²) in [7, 11) is -1.19. The third-order valence-corrected chi connectivity index (χ3v) is 6.76. The van der Waals surface area contributed by atoms with Crippen LogP contribution >= 0.6 is 0 Å². The normalized spacial score (nSPS) is 10.9. The number of carbonyl (C=O) groups is 1. The van der Waals surface area contributed by atoms with Gasteiger partial charge in [-0.1, -0.05) is 35.9 Å². The second-order valence-electron chi connectivity index (χ2n) is 7.38. The van der Waals surface area contributed by atoms with Gasteiger partial charge < -0.3 is 19.5 Å². The predicted molar refractivity (Wildman–Crippen MR) is 130 cm³/mol. The Morgan fingerprint density at radius 1 is 0.912 bits per heavy atom. The van der Waals surface area contributed by atoms with E-state index in [1.807, 2.05) is 31.2 Å². The molecule has 180 valence electrons. The molecule has 0 aliphatic carbocycles. The van der Waals surface area contributed by atoms with Gasteiger partial charge in [-0.2, -0.15) is 0 Å². The number of methoxy groups -OCH3 is 2. The van der Waals surface area contributed by atoms with Crippen molar-refractivity contribution < 1.29 is 27.4 Å². The number of carbonyl (C=O) groups excluding carboxylic acids is 1. The molecule has 0 aliphatic rings. The average molecular weight is 485 g/mol. The fraction of sp³-hybridized carbons (Fsp3) is 0.240. The molecular weight excluding hydrogens is 456 g/mol. The van der Waals surface area contributed by atoms with Crippen LogP contribution in [0.1, 0.15) is 5.56 Å². The number of ether oxygens (including phenoxy) is 3. The van der Waals surface area contributed by atoms with Gasteiger partial charge in [0, 0.05) is 6.07 Å². The van der Waals surface area contributed by atoms with E-state index in [9.17, 15) is 13.2 Å². The van der Waals surface area contributed by atoms with Gasteiger partial charge in [-0.3, -0.25) is 9.10 Å². The summed E-state index contributed by atoms with van der Waals surface area (Å²) < 4.78 is 44.1. The van der Waals surface area contributed by atoms with Crippen molar-refractivity contribution in [2.24, 2.45) is 0 Å². The summed E-state index contributed by atoms with van der Waals surface area (Å²) in [5.74, 6) is 0.913. The standard InChI is InChI=1S/C25H28N2O6S/c1-19-9-11-21(12-10-19)33-16-15-26-25(28)18-27(20-7-5-4-6-8-20)34(29,30)22-13-14-23(31-2)24(17-22)32-3/h4-14,17H,15-16,18H2,1-3H3,(H,26,28). The van der Waals surface area contributed by atoms with E-state index in [1.165, 1.54) is 32.4 Å². The summed E-state index contributed by atoms with van der Waals surface area (Å²) in [4.78, 5) is 12.6. The van der Waals surface area contributed by atoms with Crippen molar-refractivity contribution in [3.05, 3.63) is 78.4 Å². The molecule has 0 bridgehead atoms. The molecule has 0 aromatic heterocycles. The highest BCUT2D eigenvalue weighted by Gasteiger charge is 2.28. The highest BCUT2D eigenvalue weighted by Crippen LogP contribution is 2.32. The van der Waals surface area contributed by atoms with Gasteiger partial charge in [0.1, 0.15) is 18.9 Å². The molecule has 0 spiro atoms. The molecule has 1 N–H and O–H groups in total. The smallest absolute Gasteiger partial charge is 0.264 e. The zero-order valence-electron chi connectivity index (χ0n) is 19.4. The molecular formula is C25H28N2O6S. The van der Waals surface area contributed by atoms with E-state index < -0.39 is 22.5 Å². The maximum absolute atomic E-state index is 13.5. The molecule has 9 heteroatoms. The minimum atomic E-state index is -4.08. The van der Waals surface area contributed by atoms with E-state index in [0.29, 0.717) is 17.2 Å². The Morgan fingerprint density at radius 3 is 2.24 bits per heavy atom. The lowest BCUT2D eigenvalue weighted by atomic mass is 10.2. The zero-order chi connectivity index (χ0) is 24.6. The molecule has 1 amide bonds.